The van der Waals surface area contributed by atoms with E-state index in [4.69, 9.17) is 9.47 Å². The standard InChI is InChI=1S/C13H17N3O4S/c1-16(9-13-14-6-7-15-13)21(17,18)12-8-10(19-2)4-5-11(12)20-3/h4-8H,9H2,1-3H3,(H,14,15). The fraction of sp³-hybridized carbons (Fsp3) is 0.308. The second-order valence-electron chi connectivity index (χ2n) is 4.31. The van der Waals surface area contributed by atoms with Crippen LogP contribution in [0, 0.1) is 0 Å². The van der Waals surface area contributed by atoms with Gasteiger partial charge in [-0.05, 0) is 12.1 Å². The third-order valence-electron chi connectivity index (χ3n) is 2.99. The molecule has 0 fully saturated rings. The number of nitrogens with one attached hydrogen (secondary N) is 1. The molecule has 114 valence electrons. The van der Waals surface area contributed by atoms with Gasteiger partial charge in [-0.15, -0.1) is 0 Å². The highest BCUT2D eigenvalue weighted by molar-refractivity contribution is 7.89. The van der Waals surface area contributed by atoms with Crippen molar-refractivity contribution in [1.82, 2.24) is 14.3 Å². The first-order valence-corrected chi connectivity index (χ1v) is 7.59. The lowest BCUT2D eigenvalue weighted by molar-refractivity contribution is 0.387. The predicted molar refractivity (Wildman–Crippen MR) is 76.8 cm³/mol. The van der Waals surface area contributed by atoms with E-state index < -0.39 is 10.0 Å². The maximum atomic E-state index is 12.7. The Morgan fingerprint density at radius 1 is 1.29 bits per heavy atom. The molecule has 0 aliphatic carbocycles. The normalized spacial score (nSPS) is 11.6. The number of nitrogens with zero attached hydrogens (tertiary/aromatic N) is 2. The van der Waals surface area contributed by atoms with Crippen LogP contribution in [0.15, 0.2) is 35.5 Å². The number of hydrogen-bond acceptors (Lipinski definition) is 5. The highest BCUT2D eigenvalue weighted by atomic mass is 32.2. The van der Waals surface area contributed by atoms with Gasteiger partial charge in [0, 0.05) is 25.5 Å². The van der Waals surface area contributed by atoms with E-state index >= 15 is 0 Å². The summed E-state index contributed by atoms with van der Waals surface area (Å²) in [5, 5.41) is 0. The van der Waals surface area contributed by atoms with Crippen LogP contribution in [0.2, 0.25) is 0 Å². The third-order valence-corrected chi connectivity index (χ3v) is 4.81. The second-order valence-corrected chi connectivity index (χ2v) is 6.33. The fourth-order valence-electron chi connectivity index (χ4n) is 1.83. The maximum Gasteiger partial charge on any atom is 0.247 e. The first-order chi connectivity index (χ1) is 9.98. The Morgan fingerprint density at radius 3 is 2.62 bits per heavy atom. The second kappa shape index (κ2) is 6.15. The van der Waals surface area contributed by atoms with Crippen molar-refractivity contribution in [1.29, 1.82) is 0 Å². The first-order valence-electron chi connectivity index (χ1n) is 6.15. The van der Waals surface area contributed by atoms with Crippen molar-refractivity contribution in [2.75, 3.05) is 21.3 Å². The molecular formula is C13H17N3O4S. The van der Waals surface area contributed by atoms with Crippen molar-refractivity contribution >= 4 is 10.0 Å². The van der Waals surface area contributed by atoms with Crippen LogP contribution in [-0.4, -0.2) is 44.0 Å². The van der Waals surface area contributed by atoms with Crippen LogP contribution in [0.25, 0.3) is 0 Å². The molecule has 0 aliphatic heterocycles. The number of aromatic amines is 1. The molecule has 2 aromatic rings. The van der Waals surface area contributed by atoms with E-state index in [2.05, 4.69) is 9.97 Å². The molecule has 1 N–H and O–H groups in total. The molecule has 1 heterocycles. The van der Waals surface area contributed by atoms with Crippen molar-refractivity contribution in [3.05, 3.63) is 36.4 Å². The number of H-pyrrole nitrogens is 1. The van der Waals surface area contributed by atoms with Crippen LogP contribution in [-0.2, 0) is 16.6 Å². The van der Waals surface area contributed by atoms with Gasteiger partial charge in [0.1, 0.15) is 22.2 Å². The number of methoxy groups -OCH3 is 2. The molecule has 0 aliphatic rings. The minimum atomic E-state index is -3.72. The number of ether oxygens (including phenoxy) is 2. The summed E-state index contributed by atoms with van der Waals surface area (Å²) >= 11 is 0. The van der Waals surface area contributed by atoms with Crippen LogP contribution >= 0.6 is 0 Å². The quantitative estimate of drug-likeness (QED) is 0.868. The predicted octanol–water partition coefficient (Wildman–Crippen LogP) is 1.25. The summed E-state index contributed by atoms with van der Waals surface area (Å²) in [5.74, 6) is 1.27. The Morgan fingerprint density at radius 2 is 2.05 bits per heavy atom. The first kappa shape index (κ1) is 15.3. The minimum Gasteiger partial charge on any atom is -0.497 e. The maximum absolute atomic E-state index is 12.7. The smallest absolute Gasteiger partial charge is 0.247 e. The van der Waals surface area contributed by atoms with E-state index in [0.29, 0.717) is 11.6 Å². The van der Waals surface area contributed by atoms with Gasteiger partial charge in [-0.3, -0.25) is 0 Å². The molecule has 21 heavy (non-hydrogen) atoms. The molecule has 0 unspecified atom stereocenters. The number of hydrogen-bond donors (Lipinski definition) is 1. The number of aromatic nitrogens is 2. The Bertz CT molecular complexity index is 698. The van der Waals surface area contributed by atoms with E-state index in [1.54, 1.807) is 24.5 Å². The molecule has 0 bridgehead atoms. The fourth-order valence-corrected chi connectivity index (χ4v) is 3.13. The van der Waals surface area contributed by atoms with Gasteiger partial charge in [0.15, 0.2) is 0 Å². The summed E-state index contributed by atoms with van der Waals surface area (Å²) in [5.41, 5.74) is 0. The van der Waals surface area contributed by atoms with Gasteiger partial charge in [-0.2, -0.15) is 4.31 Å². The Labute approximate surface area is 123 Å². The van der Waals surface area contributed by atoms with Gasteiger partial charge in [0.25, 0.3) is 0 Å². The zero-order chi connectivity index (χ0) is 15.5. The van der Waals surface area contributed by atoms with E-state index in [1.807, 2.05) is 0 Å². The average molecular weight is 311 g/mol. The van der Waals surface area contributed by atoms with Crippen molar-refractivity contribution in [3.63, 3.8) is 0 Å². The summed E-state index contributed by atoms with van der Waals surface area (Å²) < 4.78 is 36.7. The molecule has 0 saturated heterocycles. The zero-order valence-electron chi connectivity index (χ0n) is 12.0. The molecule has 0 saturated carbocycles. The number of benzene rings is 1. The highest BCUT2D eigenvalue weighted by Gasteiger charge is 2.26. The van der Waals surface area contributed by atoms with Gasteiger partial charge in [-0.25, -0.2) is 13.4 Å². The molecule has 8 heteroatoms. The van der Waals surface area contributed by atoms with Crippen molar-refractivity contribution in [2.24, 2.45) is 0 Å². The number of sulfonamides is 1. The van der Waals surface area contributed by atoms with Crippen LogP contribution < -0.4 is 9.47 Å². The molecular weight excluding hydrogens is 294 g/mol. The highest BCUT2D eigenvalue weighted by Crippen LogP contribution is 2.30. The molecule has 0 atom stereocenters. The van der Waals surface area contributed by atoms with Gasteiger partial charge in [-0.1, -0.05) is 0 Å². The monoisotopic (exact) mass is 311 g/mol. The summed E-state index contributed by atoms with van der Waals surface area (Å²) in [7, 11) is 0.662. The molecule has 0 radical (unpaired) electrons. The lowest BCUT2D eigenvalue weighted by Gasteiger charge is -2.18. The summed E-state index contributed by atoms with van der Waals surface area (Å²) in [4.78, 5) is 6.95. The molecule has 1 aromatic carbocycles. The molecule has 1 aromatic heterocycles. The third kappa shape index (κ3) is 3.17. The van der Waals surface area contributed by atoms with Crippen LogP contribution in [0.3, 0.4) is 0 Å². The van der Waals surface area contributed by atoms with Crippen molar-refractivity contribution < 1.29 is 17.9 Å². The number of rotatable bonds is 6. The minimum absolute atomic E-state index is 0.0541. The van der Waals surface area contributed by atoms with Crippen molar-refractivity contribution in [3.8, 4) is 11.5 Å². The Kier molecular flexibility index (Phi) is 4.49. The van der Waals surface area contributed by atoms with Gasteiger partial charge >= 0.3 is 0 Å². The lowest BCUT2D eigenvalue weighted by Crippen LogP contribution is -2.27. The van der Waals surface area contributed by atoms with Gasteiger partial charge in [0.2, 0.25) is 10.0 Å². The molecule has 0 amide bonds. The SMILES string of the molecule is COc1ccc(OC)c(S(=O)(=O)N(C)Cc2ncc[nH]2)c1. The van der Waals surface area contributed by atoms with Crippen LogP contribution in [0.1, 0.15) is 5.82 Å². The largest absolute Gasteiger partial charge is 0.497 e. The van der Waals surface area contributed by atoms with Crippen molar-refractivity contribution in [2.45, 2.75) is 11.4 Å². The molecule has 2 rings (SSSR count). The summed E-state index contributed by atoms with van der Waals surface area (Å²) in [6.45, 7) is 0.135. The molecule has 7 nitrogen and oxygen atoms in total. The van der Waals surface area contributed by atoms with E-state index in [9.17, 15) is 8.42 Å². The molecule has 0 spiro atoms. The van der Waals surface area contributed by atoms with E-state index in [1.165, 1.54) is 31.6 Å². The number of imidazole rings is 1. The van der Waals surface area contributed by atoms with Gasteiger partial charge in [0.05, 0.1) is 20.8 Å². The van der Waals surface area contributed by atoms with Crippen LogP contribution in [0.5, 0.6) is 11.5 Å². The Hall–Kier alpha value is -2.06. The zero-order valence-corrected chi connectivity index (χ0v) is 12.8. The Balaban J connectivity index is 2.38. The summed E-state index contributed by atoms with van der Waals surface area (Å²) in [6, 6.07) is 4.64. The van der Waals surface area contributed by atoms with Gasteiger partial charge < -0.3 is 14.5 Å². The lowest BCUT2D eigenvalue weighted by atomic mass is 10.3. The summed E-state index contributed by atoms with van der Waals surface area (Å²) in [6.07, 6.45) is 3.21. The van der Waals surface area contributed by atoms with E-state index in [-0.39, 0.29) is 17.2 Å². The van der Waals surface area contributed by atoms with E-state index in [0.717, 1.165) is 0 Å². The topological polar surface area (TPSA) is 84.5 Å². The van der Waals surface area contributed by atoms with Crippen LogP contribution in [0.4, 0.5) is 0 Å². The average Bonchev–Trinajstić information content (AvgIpc) is 2.99.